The van der Waals surface area contributed by atoms with Crippen molar-refractivity contribution in [3.63, 3.8) is 0 Å². The molecule has 4 rings (SSSR count). The van der Waals surface area contributed by atoms with Crippen molar-refractivity contribution in [3.8, 4) is 5.69 Å². The first kappa shape index (κ1) is 25.1. The number of hydrogen-bond donors (Lipinski definition) is 1. The smallest absolute Gasteiger partial charge is 0.255 e. The van der Waals surface area contributed by atoms with Crippen LogP contribution in [0.3, 0.4) is 0 Å². The molecule has 1 heterocycles. The van der Waals surface area contributed by atoms with Crippen molar-refractivity contribution in [1.29, 1.82) is 0 Å². The summed E-state index contributed by atoms with van der Waals surface area (Å²) in [6.45, 7) is 3.68. The SMILES string of the molecule is Cc1cc(/C=N\NC(=O)CN(Cc2ccccc2)S(=O)(=O)c2ccccc2)c(C)n1-c1ccccc1. The van der Waals surface area contributed by atoms with E-state index >= 15 is 0 Å². The third-order valence-corrected chi connectivity index (χ3v) is 7.59. The predicted molar refractivity (Wildman–Crippen MR) is 141 cm³/mol. The second kappa shape index (κ2) is 11.2. The molecule has 0 aliphatic carbocycles. The highest BCUT2D eigenvalue weighted by Gasteiger charge is 2.26. The van der Waals surface area contributed by atoms with Gasteiger partial charge >= 0.3 is 0 Å². The Labute approximate surface area is 211 Å². The van der Waals surface area contributed by atoms with Crippen molar-refractivity contribution in [3.05, 3.63) is 120 Å². The number of amides is 1. The highest BCUT2D eigenvalue weighted by Crippen LogP contribution is 2.20. The van der Waals surface area contributed by atoms with Gasteiger partial charge in [0.2, 0.25) is 10.0 Å². The summed E-state index contributed by atoms with van der Waals surface area (Å²) in [5.41, 5.74) is 7.18. The molecule has 0 saturated carbocycles. The highest BCUT2D eigenvalue weighted by atomic mass is 32.2. The van der Waals surface area contributed by atoms with E-state index in [-0.39, 0.29) is 18.0 Å². The number of para-hydroxylation sites is 1. The van der Waals surface area contributed by atoms with Crippen LogP contribution >= 0.6 is 0 Å². The van der Waals surface area contributed by atoms with Gasteiger partial charge in [0.15, 0.2) is 0 Å². The molecular formula is C28H28N4O3S. The van der Waals surface area contributed by atoms with E-state index in [4.69, 9.17) is 0 Å². The molecule has 0 radical (unpaired) electrons. The van der Waals surface area contributed by atoms with Crippen molar-refractivity contribution in [2.75, 3.05) is 6.54 Å². The molecule has 0 saturated heterocycles. The number of aromatic nitrogens is 1. The number of sulfonamides is 1. The molecular weight excluding hydrogens is 472 g/mol. The Morgan fingerprint density at radius 3 is 2.14 bits per heavy atom. The lowest BCUT2D eigenvalue weighted by atomic mass is 10.2. The van der Waals surface area contributed by atoms with Crippen LogP contribution in [-0.2, 0) is 21.4 Å². The summed E-state index contributed by atoms with van der Waals surface area (Å²) < 4.78 is 29.8. The zero-order valence-electron chi connectivity index (χ0n) is 20.2. The fraction of sp³-hybridized carbons (Fsp3) is 0.143. The number of carbonyl (C=O) groups is 1. The first-order chi connectivity index (χ1) is 17.4. The maximum Gasteiger partial charge on any atom is 0.255 e. The van der Waals surface area contributed by atoms with Gasteiger partial charge in [0.1, 0.15) is 0 Å². The first-order valence-electron chi connectivity index (χ1n) is 11.5. The Bertz CT molecular complexity index is 1450. The molecule has 0 aliphatic rings. The van der Waals surface area contributed by atoms with E-state index in [0.717, 1.165) is 32.5 Å². The molecule has 0 unspecified atom stereocenters. The second-order valence-corrected chi connectivity index (χ2v) is 10.3. The van der Waals surface area contributed by atoms with Crippen molar-refractivity contribution in [2.45, 2.75) is 25.3 Å². The van der Waals surface area contributed by atoms with E-state index in [9.17, 15) is 13.2 Å². The van der Waals surface area contributed by atoms with E-state index < -0.39 is 15.9 Å². The molecule has 1 N–H and O–H groups in total. The van der Waals surface area contributed by atoms with Crippen LogP contribution in [0, 0.1) is 13.8 Å². The summed E-state index contributed by atoms with van der Waals surface area (Å²) in [7, 11) is -3.89. The minimum absolute atomic E-state index is 0.0629. The third kappa shape index (κ3) is 5.79. The first-order valence-corrected chi connectivity index (χ1v) is 13.0. The number of aryl methyl sites for hydroxylation is 1. The van der Waals surface area contributed by atoms with Gasteiger partial charge in [-0.3, -0.25) is 4.79 Å². The van der Waals surface area contributed by atoms with Gasteiger partial charge in [-0.1, -0.05) is 66.7 Å². The number of nitrogens with one attached hydrogen (secondary N) is 1. The maximum atomic E-state index is 13.3. The lowest BCUT2D eigenvalue weighted by Crippen LogP contribution is -2.39. The summed E-state index contributed by atoms with van der Waals surface area (Å²) in [6.07, 6.45) is 1.58. The molecule has 0 atom stereocenters. The average molecular weight is 501 g/mol. The number of benzene rings is 3. The Hall–Kier alpha value is -4.01. The standard InChI is InChI=1S/C28H28N4O3S/c1-22-18-25(23(2)32(22)26-14-8-4-9-15-26)19-29-30-28(33)21-31(20-24-12-6-3-7-13-24)36(34,35)27-16-10-5-11-17-27/h3-19H,20-21H2,1-2H3,(H,30,33)/b29-19-. The largest absolute Gasteiger partial charge is 0.318 e. The summed E-state index contributed by atoms with van der Waals surface area (Å²) in [5, 5.41) is 4.11. The van der Waals surface area contributed by atoms with Gasteiger partial charge in [-0.05, 0) is 49.7 Å². The van der Waals surface area contributed by atoms with E-state index in [1.54, 1.807) is 24.4 Å². The fourth-order valence-corrected chi connectivity index (χ4v) is 5.42. The van der Waals surface area contributed by atoms with Crippen molar-refractivity contribution in [1.82, 2.24) is 14.3 Å². The topological polar surface area (TPSA) is 83.8 Å². The van der Waals surface area contributed by atoms with Crippen LogP contribution in [0.4, 0.5) is 0 Å². The monoisotopic (exact) mass is 500 g/mol. The summed E-state index contributed by atoms with van der Waals surface area (Å²) >= 11 is 0. The number of nitrogens with zero attached hydrogens (tertiary/aromatic N) is 3. The van der Waals surface area contributed by atoms with Crippen molar-refractivity contribution >= 4 is 22.1 Å². The van der Waals surface area contributed by atoms with Crippen LogP contribution in [0.1, 0.15) is 22.5 Å². The Morgan fingerprint density at radius 2 is 1.50 bits per heavy atom. The van der Waals surface area contributed by atoms with Gasteiger partial charge < -0.3 is 4.57 Å². The second-order valence-electron chi connectivity index (χ2n) is 8.36. The normalized spacial score (nSPS) is 11.8. The van der Waals surface area contributed by atoms with Crippen LogP contribution in [0.2, 0.25) is 0 Å². The molecule has 1 amide bonds. The zero-order valence-corrected chi connectivity index (χ0v) is 21.0. The fourth-order valence-electron chi connectivity index (χ4n) is 4.02. The number of hydrazone groups is 1. The van der Waals surface area contributed by atoms with Gasteiger partial charge in [0.25, 0.3) is 5.91 Å². The number of hydrogen-bond acceptors (Lipinski definition) is 4. The third-order valence-electron chi connectivity index (χ3n) is 5.78. The highest BCUT2D eigenvalue weighted by molar-refractivity contribution is 7.89. The van der Waals surface area contributed by atoms with E-state index in [1.807, 2.05) is 80.6 Å². The van der Waals surface area contributed by atoms with Gasteiger partial charge in [0.05, 0.1) is 17.7 Å². The number of carbonyl (C=O) groups excluding carboxylic acids is 1. The van der Waals surface area contributed by atoms with Crippen molar-refractivity contribution < 1.29 is 13.2 Å². The van der Waals surface area contributed by atoms with Gasteiger partial charge in [0, 0.05) is 29.2 Å². The Balaban J connectivity index is 1.50. The van der Waals surface area contributed by atoms with E-state index in [0.29, 0.717) is 0 Å². The summed E-state index contributed by atoms with van der Waals surface area (Å²) in [6, 6.07) is 29.2. The van der Waals surface area contributed by atoms with Crippen LogP contribution in [-0.4, -0.2) is 36.0 Å². The Morgan fingerprint density at radius 1 is 0.917 bits per heavy atom. The molecule has 0 bridgehead atoms. The zero-order chi connectivity index (χ0) is 25.5. The molecule has 0 spiro atoms. The minimum Gasteiger partial charge on any atom is -0.318 e. The molecule has 36 heavy (non-hydrogen) atoms. The van der Waals surface area contributed by atoms with Crippen LogP contribution in [0.25, 0.3) is 5.69 Å². The number of rotatable bonds is 9. The van der Waals surface area contributed by atoms with Gasteiger partial charge in [-0.15, -0.1) is 0 Å². The van der Waals surface area contributed by atoms with Crippen molar-refractivity contribution in [2.24, 2.45) is 5.10 Å². The molecule has 184 valence electrons. The Kier molecular flexibility index (Phi) is 7.77. The van der Waals surface area contributed by atoms with Crippen LogP contribution in [0.15, 0.2) is 107 Å². The van der Waals surface area contributed by atoms with E-state index in [1.165, 1.54) is 12.1 Å². The molecule has 8 heteroatoms. The maximum absolute atomic E-state index is 13.3. The van der Waals surface area contributed by atoms with Gasteiger partial charge in [-0.25, -0.2) is 13.8 Å². The summed E-state index contributed by atoms with van der Waals surface area (Å²) in [4.78, 5) is 12.9. The molecule has 7 nitrogen and oxygen atoms in total. The lowest BCUT2D eigenvalue weighted by Gasteiger charge is -2.21. The molecule has 4 aromatic rings. The molecule has 0 aliphatic heterocycles. The van der Waals surface area contributed by atoms with Crippen LogP contribution in [0.5, 0.6) is 0 Å². The average Bonchev–Trinajstić information content (AvgIpc) is 3.18. The van der Waals surface area contributed by atoms with Gasteiger partial charge in [-0.2, -0.15) is 9.41 Å². The minimum atomic E-state index is -3.89. The lowest BCUT2D eigenvalue weighted by molar-refractivity contribution is -0.121. The predicted octanol–water partition coefficient (Wildman–Crippen LogP) is 4.44. The van der Waals surface area contributed by atoms with Crippen LogP contribution < -0.4 is 5.43 Å². The quantitative estimate of drug-likeness (QED) is 0.273. The molecule has 3 aromatic carbocycles. The summed E-state index contributed by atoms with van der Waals surface area (Å²) in [5.74, 6) is -0.529. The molecule has 1 aromatic heterocycles. The van der Waals surface area contributed by atoms with E-state index in [2.05, 4.69) is 15.1 Å². The molecule has 0 fully saturated rings.